The smallest absolute Gasteiger partial charge is 0.348 e. The Hall–Kier alpha value is -0.890. The lowest BCUT2D eigenvalue weighted by molar-refractivity contribution is -0.129. The van der Waals surface area contributed by atoms with E-state index < -0.39 is 13.9 Å². The lowest BCUT2D eigenvalue weighted by Crippen LogP contribution is -1.96. The first kappa shape index (κ1) is 8.11. The maximum absolute atomic E-state index is 10.2. The number of carbonyl (C=O) groups excluding carboxylic acids is 1. The number of hydrogen-bond acceptors (Lipinski definition) is 4. The topological polar surface area (TPSA) is 60.4 Å². The molecule has 0 rings (SSSR count). The van der Waals surface area contributed by atoms with Crippen molar-refractivity contribution < 1.29 is 18.4 Å². The van der Waals surface area contributed by atoms with Gasteiger partial charge in [-0.3, -0.25) is 0 Å². The minimum atomic E-state index is -3.08. The standard InChI is InChI=1S/C4H5O4P/c1-3(2)4(5)8-9(6)7/h1H2,2H3. The van der Waals surface area contributed by atoms with Gasteiger partial charge in [-0.2, -0.15) is 9.13 Å². The van der Waals surface area contributed by atoms with Crippen molar-refractivity contribution in [3.05, 3.63) is 12.2 Å². The van der Waals surface area contributed by atoms with E-state index in [9.17, 15) is 13.9 Å². The van der Waals surface area contributed by atoms with Gasteiger partial charge < -0.3 is 4.52 Å². The molecule has 0 radical (unpaired) electrons. The highest BCUT2D eigenvalue weighted by atomic mass is 31.1. The van der Waals surface area contributed by atoms with E-state index >= 15 is 0 Å². The lowest BCUT2D eigenvalue weighted by atomic mass is 10.4. The van der Waals surface area contributed by atoms with Gasteiger partial charge in [-0.05, 0) is 6.92 Å². The summed E-state index contributed by atoms with van der Waals surface area (Å²) in [4.78, 5) is 10.2. The van der Waals surface area contributed by atoms with E-state index in [4.69, 9.17) is 0 Å². The summed E-state index contributed by atoms with van der Waals surface area (Å²) in [7, 11) is -3.08. The van der Waals surface area contributed by atoms with Crippen LogP contribution in [-0.2, 0) is 18.4 Å². The Bertz CT molecular complexity index is 195. The molecule has 0 aliphatic rings. The Morgan fingerprint density at radius 2 is 2.00 bits per heavy atom. The largest absolute Gasteiger partial charge is 0.531 e. The van der Waals surface area contributed by atoms with Crippen LogP contribution in [-0.4, -0.2) is 5.97 Å². The van der Waals surface area contributed by atoms with Crippen LogP contribution in [0.2, 0.25) is 0 Å². The van der Waals surface area contributed by atoms with E-state index in [-0.39, 0.29) is 5.57 Å². The number of carbonyl (C=O) groups is 1. The zero-order valence-corrected chi connectivity index (χ0v) is 5.68. The molecule has 5 heteroatoms. The first-order valence-corrected chi connectivity index (χ1v) is 3.15. The Kier molecular flexibility index (Phi) is 2.88. The minimum absolute atomic E-state index is 0.0641. The van der Waals surface area contributed by atoms with Gasteiger partial charge in [0.1, 0.15) is 0 Å². The van der Waals surface area contributed by atoms with Crippen molar-refractivity contribution in [2.24, 2.45) is 0 Å². The third-order valence-electron chi connectivity index (χ3n) is 0.506. The molecule has 0 heterocycles. The van der Waals surface area contributed by atoms with Crippen LogP contribution in [0.3, 0.4) is 0 Å². The molecule has 4 nitrogen and oxygen atoms in total. The molecule has 0 unspecified atom stereocenters. The molecule has 0 saturated carbocycles. The molecule has 0 aliphatic carbocycles. The number of hydrogen-bond donors (Lipinski definition) is 0. The lowest BCUT2D eigenvalue weighted by Gasteiger charge is -1.88. The van der Waals surface area contributed by atoms with Gasteiger partial charge in [0.05, 0.1) is 0 Å². The summed E-state index contributed by atoms with van der Waals surface area (Å²) >= 11 is 0. The molecule has 0 amide bonds. The van der Waals surface area contributed by atoms with Crippen molar-refractivity contribution in [2.75, 3.05) is 0 Å². The van der Waals surface area contributed by atoms with Crippen molar-refractivity contribution >= 4 is 13.9 Å². The van der Waals surface area contributed by atoms with Gasteiger partial charge in [-0.15, -0.1) is 0 Å². The third-order valence-corrected chi connectivity index (χ3v) is 0.821. The Labute approximate surface area is 52.4 Å². The molecular formula is C4H5O4P. The summed E-state index contributed by atoms with van der Waals surface area (Å²) in [6, 6.07) is 0. The molecular weight excluding hydrogens is 143 g/mol. The highest BCUT2D eigenvalue weighted by Crippen LogP contribution is 2.07. The summed E-state index contributed by atoms with van der Waals surface area (Å²) in [6.45, 7) is 4.53. The van der Waals surface area contributed by atoms with Crippen LogP contribution in [0, 0.1) is 0 Å². The van der Waals surface area contributed by atoms with E-state index in [1.807, 2.05) is 0 Å². The highest BCUT2D eigenvalue weighted by molar-refractivity contribution is 7.25. The zero-order valence-electron chi connectivity index (χ0n) is 4.79. The number of rotatable bonds is 2. The fraction of sp³-hybridized carbons (Fsp3) is 0.250. The van der Waals surface area contributed by atoms with Gasteiger partial charge in [0, 0.05) is 5.57 Å². The Morgan fingerprint density at radius 3 is 2.11 bits per heavy atom. The fourth-order valence-electron chi connectivity index (χ4n) is 0.146. The maximum atomic E-state index is 10.2. The van der Waals surface area contributed by atoms with Crippen molar-refractivity contribution in [1.82, 2.24) is 0 Å². The average molecular weight is 148 g/mol. The molecule has 0 fully saturated rings. The van der Waals surface area contributed by atoms with Crippen LogP contribution in [0.4, 0.5) is 0 Å². The van der Waals surface area contributed by atoms with Crippen molar-refractivity contribution in [3.63, 3.8) is 0 Å². The first-order valence-electron chi connectivity index (χ1n) is 2.06. The predicted molar refractivity (Wildman–Crippen MR) is 29.2 cm³/mol. The molecule has 50 valence electrons. The molecule has 9 heavy (non-hydrogen) atoms. The summed E-state index contributed by atoms with van der Waals surface area (Å²) in [5, 5.41) is 0. The van der Waals surface area contributed by atoms with Gasteiger partial charge in [0.15, 0.2) is 0 Å². The van der Waals surface area contributed by atoms with E-state index in [2.05, 4.69) is 11.1 Å². The summed E-state index contributed by atoms with van der Waals surface area (Å²) in [5.74, 6) is -0.911. The summed E-state index contributed by atoms with van der Waals surface area (Å²) in [6.07, 6.45) is 0. The molecule has 0 spiro atoms. The van der Waals surface area contributed by atoms with Crippen LogP contribution in [0.1, 0.15) is 6.92 Å². The van der Waals surface area contributed by atoms with Gasteiger partial charge in [0.2, 0.25) is 0 Å². The quantitative estimate of drug-likeness (QED) is 0.436. The van der Waals surface area contributed by atoms with Crippen LogP contribution in [0.5, 0.6) is 0 Å². The zero-order chi connectivity index (χ0) is 7.44. The van der Waals surface area contributed by atoms with Crippen molar-refractivity contribution in [3.8, 4) is 0 Å². The molecule has 0 aromatic heterocycles. The van der Waals surface area contributed by atoms with Gasteiger partial charge in [-0.1, -0.05) is 6.58 Å². The molecule has 0 saturated heterocycles. The van der Waals surface area contributed by atoms with Gasteiger partial charge >= 0.3 is 13.9 Å². The van der Waals surface area contributed by atoms with E-state index in [1.54, 1.807) is 0 Å². The maximum Gasteiger partial charge on any atom is 0.531 e. The summed E-state index contributed by atoms with van der Waals surface area (Å²) in [5.41, 5.74) is 0.0641. The van der Waals surface area contributed by atoms with Crippen LogP contribution >= 0.6 is 7.91 Å². The predicted octanol–water partition coefficient (Wildman–Crippen LogP) is 1.19. The molecule has 0 aromatic rings. The van der Waals surface area contributed by atoms with E-state index in [0.29, 0.717) is 0 Å². The molecule has 0 N–H and O–H groups in total. The molecule has 0 aromatic carbocycles. The average Bonchev–Trinajstić information content (AvgIpc) is 1.63. The second-order valence-electron chi connectivity index (χ2n) is 1.38. The van der Waals surface area contributed by atoms with E-state index in [0.717, 1.165) is 0 Å². The molecule has 0 atom stereocenters. The Morgan fingerprint density at radius 1 is 1.56 bits per heavy atom. The van der Waals surface area contributed by atoms with Crippen LogP contribution < -0.4 is 0 Å². The third kappa shape index (κ3) is 3.67. The first-order chi connectivity index (χ1) is 4.04. The van der Waals surface area contributed by atoms with Crippen molar-refractivity contribution in [1.29, 1.82) is 0 Å². The van der Waals surface area contributed by atoms with Crippen molar-refractivity contribution in [2.45, 2.75) is 6.92 Å². The summed E-state index contributed by atoms with van der Waals surface area (Å²) < 4.78 is 23.1. The molecule has 0 bridgehead atoms. The Balaban J connectivity index is 3.94. The second-order valence-corrected chi connectivity index (χ2v) is 2.01. The van der Waals surface area contributed by atoms with Crippen LogP contribution in [0.25, 0.3) is 0 Å². The molecule has 0 aliphatic heterocycles. The second kappa shape index (κ2) is 3.20. The monoisotopic (exact) mass is 148 g/mol. The fourth-order valence-corrected chi connectivity index (χ4v) is 0.437. The SMILES string of the molecule is C=C(C)C(=O)OP(=O)=O. The normalized spacial score (nSPS) is 8.11. The van der Waals surface area contributed by atoms with Crippen LogP contribution in [0.15, 0.2) is 12.2 Å². The van der Waals surface area contributed by atoms with Gasteiger partial charge in [-0.25, -0.2) is 4.79 Å². The highest BCUT2D eigenvalue weighted by Gasteiger charge is 2.04. The van der Waals surface area contributed by atoms with E-state index in [1.165, 1.54) is 6.92 Å². The minimum Gasteiger partial charge on any atom is -0.348 e. The van der Waals surface area contributed by atoms with Gasteiger partial charge in [0.25, 0.3) is 0 Å².